The Bertz CT molecular complexity index is 720. The van der Waals surface area contributed by atoms with Crippen LogP contribution in [0, 0.1) is 0 Å². The van der Waals surface area contributed by atoms with E-state index in [-0.39, 0.29) is 5.97 Å². The van der Waals surface area contributed by atoms with Crippen molar-refractivity contribution in [2.24, 2.45) is 0 Å². The number of carbonyl (C=O) groups excluding carboxylic acids is 1. The first-order chi connectivity index (χ1) is 14.4. The van der Waals surface area contributed by atoms with Gasteiger partial charge in [-0.1, -0.05) is 42.5 Å². The molecular formula is C26H37NO3. The number of esters is 1. The molecule has 0 aliphatic heterocycles. The first kappa shape index (κ1) is 23.9. The number of hydrogen-bond acceptors (Lipinski definition) is 4. The predicted molar refractivity (Wildman–Crippen MR) is 123 cm³/mol. The lowest BCUT2D eigenvalue weighted by Gasteiger charge is -2.19. The minimum atomic E-state index is -0.408. The summed E-state index contributed by atoms with van der Waals surface area (Å²) in [5, 5.41) is 3.31. The van der Waals surface area contributed by atoms with Gasteiger partial charge in [-0.05, 0) is 82.7 Å². The van der Waals surface area contributed by atoms with Gasteiger partial charge in [-0.25, -0.2) is 0 Å². The van der Waals surface area contributed by atoms with E-state index in [1.54, 1.807) is 0 Å². The molecule has 0 spiro atoms. The van der Waals surface area contributed by atoms with Gasteiger partial charge in [-0.15, -0.1) is 0 Å². The van der Waals surface area contributed by atoms with Crippen LogP contribution in [0.2, 0.25) is 0 Å². The molecule has 0 saturated heterocycles. The number of hydrogen-bond donors (Lipinski definition) is 1. The van der Waals surface area contributed by atoms with E-state index in [1.807, 2.05) is 20.8 Å². The molecule has 0 atom stereocenters. The fourth-order valence-corrected chi connectivity index (χ4v) is 3.14. The molecule has 1 N–H and O–H groups in total. The Balaban J connectivity index is 1.50. The monoisotopic (exact) mass is 411 g/mol. The van der Waals surface area contributed by atoms with Crippen LogP contribution in [0.5, 0.6) is 5.75 Å². The molecule has 0 bridgehead atoms. The fourth-order valence-electron chi connectivity index (χ4n) is 3.14. The minimum absolute atomic E-state index is 0.148. The van der Waals surface area contributed by atoms with Gasteiger partial charge in [-0.2, -0.15) is 0 Å². The Morgan fingerprint density at radius 2 is 1.50 bits per heavy atom. The summed E-state index contributed by atoms with van der Waals surface area (Å²) in [6.45, 7) is 7.98. The van der Waals surface area contributed by atoms with Crippen LogP contribution in [0.3, 0.4) is 0 Å². The molecule has 4 heteroatoms. The molecule has 30 heavy (non-hydrogen) atoms. The molecule has 2 aromatic carbocycles. The number of unbranched alkanes of at least 4 members (excludes halogenated alkanes) is 1. The third-order valence-corrected chi connectivity index (χ3v) is 4.64. The molecule has 0 aromatic heterocycles. The van der Waals surface area contributed by atoms with E-state index in [0.29, 0.717) is 13.0 Å². The first-order valence-corrected chi connectivity index (χ1v) is 11.1. The summed E-state index contributed by atoms with van der Waals surface area (Å²) < 4.78 is 11.2. The first-order valence-electron chi connectivity index (χ1n) is 11.1. The van der Waals surface area contributed by atoms with Crippen LogP contribution in [-0.2, 0) is 22.4 Å². The van der Waals surface area contributed by atoms with Gasteiger partial charge in [0.25, 0.3) is 0 Å². The summed E-state index contributed by atoms with van der Waals surface area (Å²) in [4.78, 5) is 11.6. The number of ether oxygens (including phenoxy) is 2. The quantitative estimate of drug-likeness (QED) is 0.357. The minimum Gasteiger partial charge on any atom is -0.494 e. The number of rotatable bonds is 13. The van der Waals surface area contributed by atoms with Crippen LogP contribution in [0.4, 0.5) is 0 Å². The van der Waals surface area contributed by atoms with E-state index in [4.69, 9.17) is 9.47 Å². The lowest BCUT2D eigenvalue weighted by molar-refractivity contribution is -0.154. The maximum absolute atomic E-state index is 11.6. The van der Waals surface area contributed by atoms with Crippen molar-refractivity contribution >= 4 is 5.97 Å². The van der Waals surface area contributed by atoms with Crippen LogP contribution in [0.25, 0.3) is 0 Å². The molecule has 0 aliphatic rings. The summed E-state index contributed by atoms with van der Waals surface area (Å²) in [6.07, 6.45) is 5.77. The van der Waals surface area contributed by atoms with E-state index in [0.717, 1.165) is 51.0 Å². The summed E-state index contributed by atoms with van der Waals surface area (Å²) >= 11 is 0. The molecule has 0 heterocycles. The Morgan fingerprint density at radius 1 is 0.833 bits per heavy atom. The van der Waals surface area contributed by atoms with Crippen molar-refractivity contribution in [1.82, 2.24) is 5.32 Å². The maximum Gasteiger partial charge on any atom is 0.307 e. The lowest BCUT2D eigenvalue weighted by atomic mass is 10.1. The Labute approximate surface area is 182 Å². The van der Waals surface area contributed by atoms with Crippen molar-refractivity contribution in [2.75, 3.05) is 19.7 Å². The zero-order chi connectivity index (χ0) is 21.7. The van der Waals surface area contributed by atoms with Crippen molar-refractivity contribution in [3.63, 3.8) is 0 Å². The molecule has 0 fully saturated rings. The normalized spacial score (nSPS) is 11.3. The topological polar surface area (TPSA) is 47.6 Å². The average Bonchev–Trinajstić information content (AvgIpc) is 2.71. The van der Waals surface area contributed by atoms with Crippen molar-refractivity contribution in [3.8, 4) is 5.75 Å². The standard InChI is InChI=1S/C26H37NO3/c1-26(2,3)30-25(28)18-20-27-19-9-13-23-14-16-24(17-15-23)29-21-8-7-12-22-10-5-4-6-11-22/h4-6,10-11,14-17,27H,7-9,12-13,18-21H2,1-3H3. The summed E-state index contributed by atoms with van der Waals surface area (Å²) in [5.41, 5.74) is 2.29. The van der Waals surface area contributed by atoms with Gasteiger partial charge in [0.05, 0.1) is 13.0 Å². The number of carbonyl (C=O) groups is 1. The van der Waals surface area contributed by atoms with Gasteiger partial charge < -0.3 is 14.8 Å². The summed E-state index contributed by atoms with van der Waals surface area (Å²) in [5.74, 6) is 0.791. The van der Waals surface area contributed by atoms with Crippen molar-refractivity contribution in [3.05, 3.63) is 65.7 Å². The molecule has 2 aromatic rings. The van der Waals surface area contributed by atoms with Crippen LogP contribution in [0.1, 0.15) is 57.6 Å². The van der Waals surface area contributed by atoms with Crippen molar-refractivity contribution < 1.29 is 14.3 Å². The Hall–Kier alpha value is -2.33. The zero-order valence-electron chi connectivity index (χ0n) is 18.8. The van der Waals surface area contributed by atoms with Crippen LogP contribution in [0.15, 0.2) is 54.6 Å². The Kier molecular flexibility index (Phi) is 10.4. The number of nitrogens with one attached hydrogen (secondary N) is 1. The van der Waals surface area contributed by atoms with Gasteiger partial charge in [0.2, 0.25) is 0 Å². The van der Waals surface area contributed by atoms with E-state index < -0.39 is 5.60 Å². The smallest absolute Gasteiger partial charge is 0.307 e. The molecule has 164 valence electrons. The highest BCUT2D eigenvalue weighted by Gasteiger charge is 2.15. The molecule has 2 rings (SSSR count). The summed E-state index contributed by atoms with van der Waals surface area (Å²) in [6, 6.07) is 19.0. The SMILES string of the molecule is CC(C)(C)OC(=O)CCNCCCc1ccc(OCCCCc2ccccc2)cc1. The average molecular weight is 412 g/mol. The van der Waals surface area contributed by atoms with E-state index in [9.17, 15) is 4.79 Å². The molecule has 0 aliphatic carbocycles. The van der Waals surface area contributed by atoms with Gasteiger partial charge in [0.1, 0.15) is 11.4 Å². The fraction of sp³-hybridized carbons (Fsp3) is 0.500. The second-order valence-electron chi connectivity index (χ2n) is 8.63. The number of benzene rings is 2. The second-order valence-corrected chi connectivity index (χ2v) is 8.63. The van der Waals surface area contributed by atoms with Gasteiger partial charge in [0, 0.05) is 6.54 Å². The highest BCUT2D eigenvalue weighted by atomic mass is 16.6. The maximum atomic E-state index is 11.6. The van der Waals surface area contributed by atoms with Crippen molar-refractivity contribution in [2.45, 2.75) is 64.9 Å². The molecular weight excluding hydrogens is 374 g/mol. The molecule has 0 amide bonds. The van der Waals surface area contributed by atoms with E-state index in [2.05, 4.69) is 59.9 Å². The molecule has 0 unspecified atom stereocenters. The Morgan fingerprint density at radius 3 is 2.20 bits per heavy atom. The molecule has 4 nitrogen and oxygen atoms in total. The third-order valence-electron chi connectivity index (χ3n) is 4.64. The highest BCUT2D eigenvalue weighted by Crippen LogP contribution is 2.14. The van der Waals surface area contributed by atoms with Crippen LogP contribution < -0.4 is 10.1 Å². The molecule has 0 radical (unpaired) electrons. The third kappa shape index (κ3) is 11.0. The summed E-state index contributed by atoms with van der Waals surface area (Å²) in [7, 11) is 0. The zero-order valence-corrected chi connectivity index (χ0v) is 18.8. The van der Waals surface area contributed by atoms with Gasteiger partial charge in [-0.3, -0.25) is 4.79 Å². The lowest BCUT2D eigenvalue weighted by Crippen LogP contribution is -2.27. The molecule has 0 saturated carbocycles. The van der Waals surface area contributed by atoms with E-state index in [1.165, 1.54) is 11.1 Å². The second kappa shape index (κ2) is 13.1. The van der Waals surface area contributed by atoms with Gasteiger partial charge >= 0.3 is 5.97 Å². The predicted octanol–water partition coefficient (Wildman–Crippen LogP) is 5.34. The number of aryl methyl sites for hydroxylation is 2. The van der Waals surface area contributed by atoms with Crippen LogP contribution >= 0.6 is 0 Å². The van der Waals surface area contributed by atoms with Crippen LogP contribution in [-0.4, -0.2) is 31.3 Å². The largest absolute Gasteiger partial charge is 0.494 e. The van der Waals surface area contributed by atoms with Crippen molar-refractivity contribution in [1.29, 1.82) is 0 Å². The highest BCUT2D eigenvalue weighted by molar-refractivity contribution is 5.70. The van der Waals surface area contributed by atoms with E-state index >= 15 is 0 Å². The van der Waals surface area contributed by atoms with Gasteiger partial charge in [0.15, 0.2) is 0 Å².